The minimum Gasteiger partial charge on any atom is -0.466 e. The smallest absolute Gasteiger partial charge is 0.336 e. The van der Waals surface area contributed by atoms with E-state index in [1.165, 1.54) is 0 Å². The average Bonchev–Trinajstić information content (AvgIpc) is 2.79. The number of aromatic amines is 1. The molecule has 0 atom stereocenters. The van der Waals surface area contributed by atoms with Gasteiger partial charge < -0.3 is 15.4 Å². The van der Waals surface area contributed by atoms with Crippen LogP contribution in [-0.2, 0) is 0 Å². The van der Waals surface area contributed by atoms with Crippen LogP contribution in [0, 0.1) is 5.41 Å². The number of aromatic nitrogens is 3. The number of nitrogens with zero attached hydrogens (tertiary/aromatic N) is 3. The van der Waals surface area contributed by atoms with Crippen molar-refractivity contribution in [3.05, 3.63) is 0 Å². The van der Waals surface area contributed by atoms with Crippen molar-refractivity contribution < 1.29 is 4.74 Å². The van der Waals surface area contributed by atoms with E-state index in [1.807, 2.05) is 0 Å². The van der Waals surface area contributed by atoms with Gasteiger partial charge >= 0.3 is 6.01 Å². The summed E-state index contributed by atoms with van der Waals surface area (Å²) in [5.74, 6) is 0.788. The zero-order chi connectivity index (χ0) is 11.6. The Hall–Kier alpha value is -1.30. The Balaban J connectivity index is 1.98. The maximum atomic E-state index is 5.77. The van der Waals surface area contributed by atoms with Crippen LogP contribution in [0.1, 0.15) is 19.8 Å². The van der Waals surface area contributed by atoms with Gasteiger partial charge in [0.15, 0.2) is 0 Å². The first kappa shape index (κ1) is 11.2. The van der Waals surface area contributed by atoms with Gasteiger partial charge in [-0.2, -0.15) is 4.98 Å². The number of H-pyrrole nitrogens is 1. The molecule has 0 aliphatic carbocycles. The van der Waals surface area contributed by atoms with E-state index >= 15 is 0 Å². The normalized spacial score (nSPS) is 19.8. The maximum Gasteiger partial charge on any atom is 0.336 e. The van der Waals surface area contributed by atoms with Crippen molar-refractivity contribution in [2.45, 2.75) is 19.8 Å². The third-order valence-electron chi connectivity index (χ3n) is 3.40. The second-order valence-corrected chi connectivity index (χ2v) is 4.65. The van der Waals surface area contributed by atoms with E-state index in [1.54, 1.807) is 7.11 Å². The van der Waals surface area contributed by atoms with Crippen molar-refractivity contribution >= 4 is 5.95 Å². The Kier molecular flexibility index (Phi) is 3.00. The first-order valence-electron chi connectivity index (χ1n) is 5.58. The number of methoxy groups -OCH3 is 1. The van der Waals surface area contributed by atoms with Gasteiger partial charge in [-0.1, -0.05) is 6.92 Å². The molecule has 1 aliphatic rings. The minimum absolute atomic E-state index is 0.278. The fourth-order valence-corrected chi connectivity index (χ4v) is 1.93. The van der Waals surface area contributed by atoms with Gasteiger partial charge in [-0.05, 0) is 24.8 Å². The molecule has 2 rings (SSSR count). The van der Waals surface area contributed by atoms with Crippen LogP contribution in [0.4, 0.5) is 5.95 Å². The second-order valence-electron chi connectivity index (χ2n) is 4.65. The fraction of sp³-hybridized carbons (Fsp3) is 0.800. The van der Waals surface area contributed by atoms with Crippen molar-refractivity contribution in [1.82, 2.24) is 15.2 Å². The van der Waals surface area contributed by atoms with Crippen LogP contribution in [0.3, 0.4) is 0 Å². The van der Waals surface area contributed by atoms with Gasteiger partial charge in [0.25, 0.3) is 0 Å². The Morgan fingerprint density at radius 3 is 2.69 bits per heavy atom. The number of nitrogens with one attached hydrogen (secondary N) is 1. The summed E-state index contributed by atoms with van der Waals surface area (Å²) in [5, 5.41) is 6.82. The molecule has 2 heterocycles. The standard InChI is InChI=1S/C10H19N5O/c1-10(7-11)3-5-15(6-4-10)8-12-9(16-2)14-13-8/h3-7,11H2,1-2H3,(H,12,13,14). The Labute approximate surface area is 95.2 Å². The van der Waals surface area contributed by atoms with E-state index in [0.29, 0.717) is 6.01 Å². The minimum atomic E-state index is 0.278. The number of anilines is 1. The molecule has 0 unspecified atom stereocenters. The van der Waals surface area contributed by atoms with Gasteiger partial charge in [0.05, 0.1) is 7.11 Å². The number of piperidine rings is 1. The largest absolute Gasteiger partial charge is 0.466 e. The highest BCUT2D eigenvalue weighted by Gasteiger charge is 2.29. The molecule has 1 saturated heterocycles. The number of ether oxygens (including phenoxy) is 1. The topological polar surface area (TPSA) is 80.1 Å². The third-order valence-corrected chi connectivity index (χ3v) is 3.40. The molecule has 0 bridgehead atoms. The van der Waals surface area contributed by atoms with E-state index in [0.717, 1.165) is 38.4 Å². The molecule has 6 heteroatoms. The highest BCUT2D eigenvalue weighted by molar-refractivity contribution is 5.30. The predicted octanol–water partition coefficient (Wildman–Crippen LogP) is 0.379. The summed E-state index contributed by atoms with van der Waals surface area (Å²) < 4.78 is 4.95. The molecule has 0 amide bonds. The lowest BCUT2D eigenvalue weighted by atomic mass is 9.81. The lowest BCUT2D eigenvalue weighted by Crippen LogP contribution is -2.42. The molecule has 0 saturated carbocycles. The van der Waals surface area contributed by atoms with Gasteiger partial charge in [-0.25, -0.2) is 5.10 Å². The van der Waals surface area contributed by atoms with Gasteiger partial charge in [0, 0.05) is 13.1 Å². The van der Waals surface area contributed by atoms with Crippen molar-refractivity contribution in [1.29, 1.82) is 0 Å². The van der Waals surface area contributed by atoms with Gasteiger partial charge in [0.1, 0.15) is 0 Å². The summed E-state index contributed by atoms with van der Waals surface area (Å²) in [6.45, 7) is 4.92. The molecular weight excluding hydrogens is 206 g/mol. The highest BCUT2D eigenvalue weighted by Crippen LogP contribution is 2.30. The molecule has 0 radical (unpaired) electrons. The van der Waals surface area contributed by atoms with Crippen molar-refractivity contribution in [3.63, 3.8) is 0 Å². The van der Waals surface area contributed by atoms with Crippen LogP contribution in [0.5, 0.6) is 6.01 Å². The van der Waals surface area contributed by atoms with E-state index in [2.05, 4.69) is 27.0 Å². The molecule has 6 nitrogen and oxygen atoms in total. The van der Waals surface area contributed by atoms with Gasteiger partial charge in [-0.15, -0.1) is 5.10 Å². The average molecular weight is 225 g/mol. The Morgan fingerprint density at radius 2 is 2.19 bits per heavy atom. The molecule has 90 valence electrons. The van der Waals surface area contributed by atoms with Crippen molar-refractivity contribution in [2.75, 3.05) is 31.6 Å². The van der Waals surface area contributed by atoms with Crippen LogP contribution in [-0.4, -0.2) is 41.9 Å². The van der Waals surface area contributed by atoms with Crippen LogP contribution >= 0.6 is 0 Å². The van der Waals surface area contributed by atoms with Gasteiger partial charge in [-0.3, -0.25) is 0 Å². The van der Waals surface area contributed by atoms with Crippen LogP contribution in [0.15, 0.2) is 0 Å². The molecule has 3 N–H and O–H groups in total. The zero-order valence-electron chi connectivity index (χ0n) is 9.86. The van der Waals surface area contributed by atoms with E-state index in [-0.39, 0.29) is 5.41 Å². The third kappa shape index (κ3) is 2.11. The molecule has 1 aromatic rings. The number of hydrogen-bond acceptors (Lipinski definition) is 5. The predicted molar refractivity (Wildman–Crippen MR) is 61.5 cm³/mol. The van der Waals surface area contributed by atoms with E-state index in [9.17, 15) is 0 Å². The number of hydrogen-bond donors (Lipinski definition) is 2. The first-order chi connectivity index (χ1) is 7.67. The summed E-state index contributed by atoms with van der Waals surface area (Å²) in [6, 6.07) is 0.391. The molecule has 0 spiro atoms. The molecule has 1 fully saturated rings. The second kappa shape index (κ2) is 4.29. The highest BCUT2D eigenvalue weighted by atomic mass is 16.5. The summed E-state index contributed by atoms with van der Waals surface area (Å²) in [5.41, 5.74) is 6.05. The summed E-state index contributed by atoms with van der Waals surface area (Å²) in [7, 11) is 1.56. The zero-order valence-corrected chi connectivity index (χ0v) is 9.86. The molecule has 1 aliphatic heterocycles. The Bertz CT molecular complexity index is 343. The number of nitrogens with two attached hydrogens (primary N) is 1. The van der Waals surface area contributed by atoms with Crippen LogP contribution < -0.4 is 15.4 Å². The van der Waals surface area contributed by atoms with E-state index < -0.39 is 0 Å². The molecule has 16 heavy (non-hydrogen) atoms. The lowest BCUT2D eigenvalue weighted by Gasteiger charge is -2.38. The molecular formula is C10H19N5O. The van der Waals surface area contributed by atoms with Crippen molar-refractivity contribution in [3.8, 4) is 6.01 Å². The summed E-state index contributed by atoms with van der Waals surface area (Å²) in [4.78, 5) is 6.42. The lowest BCUT2D eigenvalue weighted by molar-refractivity contribution is 0.257. The van der Waals surface area contributed by atoms with Gasteiger partial charge in [0.2, 0.25) is 5.95 Å². The fourth-order valence-electron chi connectivity index (χ4n) is 1.93. The summed E-state index contributed by atoms with van der Waals surface area (Å²) >= 11 is 0. The summed E-state index contributed by atoms with van der Waals surface area (Å²) in [6.07, 6.45) is 2.18. The maximum absolute atomic E-state index is 5.77. The molecule has 1 aromatic heterocycles. The SMILES string of the molecule is COc1n[nH]c(N2CCC(C)(CN)CC2)n1. The number of rotatable bonds is 3. The molecule has 0 aromatic carbocycles. The van der Waals surface area contributed by atoms with Crippen LogP contribution in [0.25, 0.3) is 0 Å². The quantitative estimate of drug-likeness (QED) is 0.777. The monoisotopic (exact) mass is 225 g/mol. The first-order valence-corrected chi connectivity index (χ1v) is 5.58. The van der Waals surface area contributed by atoms with E-state index in [4.69, 9.17) is 10.5 Å². The van der Waals surface area contributed by atoms with Crippen molar-refractivity contribution in [2.24, 2.45) is 11.1 Å². The Morgan fingerprint density at radius 1 is 1.50 bits per heavy atom. The van der Waals surface area contributed by atoms with Crippen LogP contribution in [0.2, 0.25) is 0 Å².